The van der Waals surface area contributed by atoms with Gasteiger partial charge in [0.15, 0.2) is 0 Å². The molecule has 0 aromatic heterocycles. The lowest BCUT2D eigenvalue weighted by Gasteiger charge is -2.22. The summed E-state index contributed by atoms with van der Waals surface area (Å²) < 4.78 is 32.5. The summed E-state index contributed by atoms with van der Waals surface area (Å²) in [7, 11) is -4.44. The van der Waals surface area contributed by atoms with Gasteiger partial charge in [-0.1, -0.05) is 225 Å². The van der Waals surface area contributed by atoms with Crippen LogP contribution in [0.25, 0.3) is 0 Å². The molecule has 0 spiro atoms. The molecule has 3 atom stereocenters. The van der Waals surface area contributed by atoms with E-state index < -0.39 is 40.0 Å². The summed E-state index contributed by atoms with van der Waals surface area (Å²) in [6.07, 6.45) is 42.7. The van der Waals surface area contributed by atoms with E-state index in [1.54, 1.807) is 0 Å². The first-order chi connectivity index (χ1) is 24.7. The molecule has 0 aliphatic carbocycles. The first-order valence-corrected chi connectivity index (χ1v) is 23.6. The van der Waals surface area contributed by atoms with Gasteiger partial charge in [-0.3, -0.25) is 9.35 Å². The largest absolute Gasteiger partial charge is 0.387 e. The second-order valence-corrected chi connectivity index (χ2v) is 17.0. The number of nitrogens with one attached hydrogen (secondary N) is 1. The second kappa shape index (κ2) is 37.4. The van der Waals surface area contributed by atoms with Crippen LogP contribution in [0.5, 0.6) is 0 Å². The topological polar surface area (TPSA) is 124 Å². The van der Waals surface area contributed by atoms with Gasteiger partial charge in [-0.2, -0.15) is 8.42 Å². The number of aliphatic hydroxyl groups is 2. The van der Waals surface area contributed by atoms with Crippen LogP contribution in [0.15, 0.2) is 12.2 Å². The zero-order chi connectivity index (χ0) is 37.7. The van der Waals surface area contributed by atoms with Crippen LogP contribution >= 0.6 is 0 Å². The van der Waals surface area contributed by atoms with Crippen LogP contribution in [0.2, 0.25) is 0 Å². The summed E-state index contributed by atoms with van der Waals surface area (Å²) in [6.45, 7) is 4.52. The zero-order valence-electron chi connectivity index (χ0n) is 33.6. The Balaban J connectivity index is 3.95. The Morgan fingerprint density at radius 2 is 0.843 bits per heavy atom. The van der Waals surface area contributed by atoms with Crippen LogP contribution in [-0.2, 0) is 14.9 Å². The molecular weight excluding hydrogens is 659 g/mol. The van der Waals surface area contributed by atoms with Crippen molar-refractivity contribution in [3.8, 4) is 0 Å². The standard InChI is InChI=1S/C43H85NO6S/c1-3-5-7-9-11-13-15-17-19-20-21-22-24-26-28-30-32-34-36-38-42(46)43(47)44-40(39-51(48,49)50)41(45)37-35-33-31-29-27-25-23-18-16-14-12-10-8-6-4-2/h35,37,40-42,45-46H,3-34,36,38-39H2,1-2H3,(H,44,47)(H,48,49,50)/b37-35+. The fourth-order valence-corrected chi connectivity index (χ4v) is 7.66. The van der Waals surface area contributed by atoms with Crippen LogP contribution in [-0.4, -0.2) is 53.1 Å². The minimum Gasteiger partial charge on any atom is -0.387 e. The Hall–Kier alpha value is -0.960. The molecule has 0 saturated heterocycles. The van der Waals surface area contributed by atoms with Gasteiger partial charge in [-0.15, -0.1) is 0 Å². The Labute approximate surface area is 316 Å². The highest BCUT2D eigenvalue weighted by Crippen LogP contribution is 2.16. The fourth-order valence-electron chi connectivity index (χ4n) is 6.93. The summed E-state index contributed by atoms with van der Waals surface area (Å²) >= 11 is 0. The minimum absolute atomic E-state index is 0.286. The van der Waals surface area contributed by atoms with Gasteiger partial charge in [0.05, 0.1) is 17.9 Å². The Kier molecular flexibility index (Phi) is 36.7. The van der Waals surface area contributed by atoms with Crippen molar-refractivity contribution in [2.45, 2.75) is 250 Å². The van der Waals surface area contributed by atoms with Gasteiger partial charge in [0.25, 0.3) is 10.1 Å². The molecular formula is C43H85NO6S. The van der Waals surface area contributed by atoms with Crippen LogP contribution in [0, 0.1) is 0 Å². The van der Waals surface area contributed by atoms with Gasteiger partial charge in [0.1, 0.15) is 6.10 Å². The Morgan fingerprint density at radius 3 is 1.18 bits per heavy atom. The number of aliphatic hydroxyl groups excluding tert-OH is 2. The van der Waals surface area contributed by atoms with Gasteiger partial charge >= 0.3 is 0 Å². The summed E-state index contributed by atoms with van der Waals surface area (Å²) in [5.74, 6) is -1.52. The van der Waals surface area contributed by atoms with Gasteiger partial charge in [0.2, 0.25) is 5.91 Å². The molecule has 3 unspecified atom stereocenters. The van der Waals surface area contributed by atoms with Gasteiger partial charge < -0.3 is 15.5 Å². The van der Waals surface area contributed by atoms with E-state index in [0.717, 1.165) is 38.5 Å². The summed E-state index contributed by atoms with van der Waals surface area (Å²) in [6, 6.07) is -1.23. The Morgan fingerprint density at radius 1 is 0.529 bits per heavy atom. The number of carbonyl (C=O) groups is 1. The zero-order valence-corrected chi connectivity index (χ0v) is 34.4. The average Bonchev–Trinajstić information content (AvgIpc) is 3.09. The third kappa shape index (κ3) is 37.2. The highest BCUT2D eigenvalue weighted by atomic mass is 32.2. The molecule has 51 heavy (non-hydrogen) atoms. The highest BCUT2D eigenvalue weighted by molar-refractivity contribution is 7.85. The van der Waals surface area contributed by atoms with E-state index in [2.05, 4.69) is 19.2 Å². The monoisotopic (exact) mass is 744 g/mol. The van der Waals surface area contributed by atoms with Gasteiger partial charge in [0, 0.05) is 0 Å². The van der Waals surface area contributed by atoms with E-state index in [0.29, 0.717) is 6.42 Å². The van der Waals surface area contributed by atoms with Crippen molar-refractivity contribution in [3.63, 3.8) is 0 Å². The van der Waals surface area contributed by atoms with Crippen molar-refractivity contribution in [1.29, 1.82) is 0 Å². The first kappa shape index (κ1) is 50.0. The number of carbonyl (C=O) groups excluding carboxylic acids is 1. The molecule has 0 saturated carbocycles. The van der Waals surface area contributed by atoms with E-state index in [1.165, 1.54) is 173 Å². The lowest BCUT2D eigenvalue weighted by atomic mass is 10.0. The lowest BCUT2D eigenvalue weighted by Crippen LogP contribution is -2.50. The molecule has 7 nitrogen and oxygen atoms in total. The SMILES string of the molecule is CCCCCCCCCCCCCCC/C=C/C(O)C(CS(=O)(=O)O)NC(=O)C(O)CCCCCCCCCCCCCCCCCCCCC. The number of allylic oxidation sites excluding steroid dienone is 1. The molecule has 1 amide bonds. The molecule has 0 fully saturated rings. The number of rotatable bonds is 40. The quantitative estimate of drug-likeness (QED) is 0.0281. The molecule has 4 N–H and O–H groups in total. The molecule has 0 rings (SSSR count). The van der Waals surface area contributed by atoms with Gasteiger partial charge in [-0.05, 0) is 19.3 Å². The van der Waals surface area contributed by atoms with Crippen LogP contribution in [0.1, 0.15) is 232 Å². The van der Waals surface area contributed by atoms with E-state index in [-0.39, 0.29) is 6.42 Å². The number of hydrogen-bond donors (Lipinski definition) is 4. The molecule has 0 radical (unpaired) electrons. The number of amides is 1. The van der Waals surface area contributed by atoms with Crippen molar-refractivity contribution < 1.29 is 28.0 Å². The van der Waals surface area contributed by atoms with Crippen LogP contribution in [0.3, 0.4) is 0 Å². The molecule has 0 aliphatic heterocycles. The predicted molar refractivity (Wildman–Crippen MR) is 218 cm³/mol. The predicted octanol–water partition coefficient (Wildman–Crippen LogP) is 11.9. The average molecular weight is 744 g/mol. The maximum atomic E-state index is 12.6. The first-order valence-electron chi connectivity index (χ1n) is 22.0. The van der Waals surface area contributed by atoms with Crippen molar-refractivity contribution in [2.24, 2.45) is 0 Å². The van der Waals surface area contributed by atoms with Crippen molar-refractivity contribution in [3.05, 3.63) is 12.2 Å². The normalized spacial score (nSPS) is 13.9. The van der Waals surface area contributed by atoms with Crippen molar-refractivity contribution >= 4 is 16.0 Å². The summed E-state index contributed by atoms with van der Waals surface area (Å²) in [5, 5.41) is 23.4. The third-order valence-corrected chi connectivity index (χ3v) is 11.1. The molecule has 304 valence electrons. The van der Waals surface area contributed by atoms with E-state index in [9.17, 15) is 28.0 Å². The third-order valence-electron chi connectivity index (χ3n) is 10.3. The maximum Gasteiger partial charge on any atom is 0.267 e. The lowest BCUT2D eigenvalue weighted by molar-refractivity contribution is -0.130. The van der Waals surface area contributed by atoms with Crippen molar-refractivity contribution in [1.82, 2.24) is 5.32 Å². The maximum absolute atomic E-state index is 12.6. The van der Waals surface area contributed by atoms with E-state index in [4.69, 9.17) is 0 Å². The Bertz CT molecular complexity index is 880. The molecule has 0 aromatic rings. The smallest absolute Gasteiger partial charge is 0.267 e. The second-order valence-electron chi connectivity index (χ2n) is 15.5. The van der Waals surface area contributed by atoms with E-state index >= 15 is 0 Å². The number of hydrogen-bond acceptors (Lipinski definition) is 5. The highest BCUT2D eigenvalue weighted by Gasteiger charge is 2.27. The molecule has 0 heterocycles. The molecule has 0 aromatic carbocycles. The summed E-state index contributed by atoms with van der Waals surface area (Å²) in [4.78, 5) is 12.6. The summed E-state index contributed by atoms with van der Waals surface area (Å²) in [5.41, 5.74) is 0. The van der Waals surface area contributed by atoms with Gasteiger partial charge in [-0.25, -0.2) is 0 Å². The minimum atomic E-state index is -4.44. The van der Waals surface area contributed by atoms with E-state index in [1.807, 2.05) is 6.08 Å². The van der Waals surface area contributed by atoms with Crippen molar-refractivity contribution in [2.75, 3.05) is 5.75 Å². The van der Waals surface area contributed by atoms with Crippen LogP contribution in [0.4, 0.5) is 0 Å². The number of unbranched alkanes of at least 4 members (excludes halogenated alkanes) is 31. The molecule has 8 heteroatoms. The fraction of sp³-hybridized carbons (Fsp3) is 0.930. The molecule has 0 aliphatic rings. The molecule has 0 bridgehead atoms. The van der Waals surface area contributed by atoms with Crippen LogP contribution < -0.4 is 5.32 Å².